The van der Waals surface area contributed by atoms with Gasteiger partial charge in [0, 0.05) is 17.5 Å². The van der Waals surface area contributed by atoms with Crippen LogP contribution in [0.4, 0.5) is 5.69 Å². The predicted octanol–water partition coefficient (Wildman–Crippen LogP) is 3.48. The van der Waals surface area contributed by atoms with E-state index in [4.69, 9.17) is 10.5 Å². The highest BCUT2D eigenvalue weighted by molar-refractivity contribution is 7.21. The fourth-order valence-electron chi connectivity index (χ4n) is 3.52. The molecule has 0 radical (unpaired) electrons. The second-order valence-electron chi connectivity index (χ2n) is 6.74. The number of methoxy groups -OCH3 is 1. The molecule has 2 heterocycles. The van der Waals surface area contributed by atoms with Crippen molar-refractivity contribution in [2.75, 3.05) is 12.8 Å². The number of carbonyl (C=O) groups excluding carboxylic acids is 1. The number of benzene rings is 1. The maximum Gasteiger partial charge on any atom is 0.263 e. The van der Waals surface area contributed by atoms with Crippen LogP contribution in [0.5, 0.6) is 5.88 Å². The number of nitrogens with zero attached hydrogens (tertiary/aromatic N) is 1. The minimum atomic E-state index is -0.120. The molecule has 1 amide bonds. The van der Waals surface area contributed by atoms with Crippen LogP contribution in [0.25, 0.3) is 10.2 Å². The Balaban J connectivity index is 1.54. The first-order valence-electron chi connectivity index (χ1n) is 8.67. The number of nitrogens with one attached hydrogen (secondary N) is 1. The molecular weight excluding hydrogens is 346 g/mol. The first-order chi connectivity index (χ1) is 12.5. The number of hydrogen-bond acceptors (Lipinski definition) is 5. The second kappa shape index (κ2) is 6.61. The highest BCUT2D eigenvalue weighted by atomic mass is 32.1. The molecule has 0 fully saturated rings. The lowest BCUT2D eigenvalue weighted by Gasteiger charge is -2.25. The maximum absolute atomic E-state index is 12.8. The highest BCUT2D eigenvalue weighted by Gasteiger charge is 2.23. The van der Waals surface area contributed by atoms with E-state index >= 15 is 0 Å². The van der Waals surface area contributed by atoms with Gasteiger partial charge in [0.1, 0.15) is 9.71 Å². The molecule has 26 heavy (non-hydrogen) atoms. The Morgan fingerprint density at radius 1 is 1.31 bits per heavy atom. The fourth-order valence-corrected chi connectivity index (χ4v) is 4.51. The Morgan fingerprint density at radius 2 is 2.15 bits per heavy atom. The number of rotatable bonds is 3. The van der Waals surface area contributed by atoms with Gasteiger partial charge in [-0.05, 0) is 43.4 Å². The molecule has 1 aliphatic rings. The number of ether oxygens (including phenoxy) is 1. The van der Waals surface area contributed by atoms with Crippen LogP contribution in [0.3, 0.4) is 0 Å². The summed E-state index contributed by atoms with van der Waals surface area (Å²) in [5.41, 5.74) is 10.7. The molecule has 0 saturated carbocycles. The van der Waals surface area contributed by atoms with Gasteiger partial charge in [0.15, 0.2) is 0 Å². The third-order valence-corrected chi connectivity index (χ3v) is 6.02. The quantitative estimate of drug-likeness (QED) is 0.743. The Bertz CT molecular complexity index is 996. The van der Waals surface area contributed by atoms with Gasteiger partial charge in [-0.3, -0.25) is 4.79 Å². The van der Waals surface area contributed by atoms with Crippen molar-refractivity contribution in [1.82, 2.24) is 10.3 Å². The first-order valence-corrected chi connectivity index (χ1v) is 9.49. The van der Waals surface area contributed by atoms with Gasteiger partial charge in [-0.25, -0.2) is 4.98 Å². The van der Waals surface area contributed by atoms with Crippen molar-refractivity contribution in [3.8, 4) is 5.88 Å². The molecule has 4 rings (SSSR count). The second-order valence-corrected chi connectivity index (χ2v) is 7.74. The molecule has 0 spiro atoms. The van der Waals surface area contributed by atoms with Crippen LogP contribution in [0.2, 0.25) is 0 Å². The van der Waals surface area contributed by atoms with Crippen LogP contribution in [0.1, 0.15) is 32.8 Å². The lowest BCUT2D eigenvalue weighted by molar-refractivity contribution is 0.0938. The Kier molecular flexibility index (Phi) is 4.28. The Hall–Kier alpha value is -2.60. The minimum Gasteiger partial charge on any atom is -0.481 e. The van der Waals surface area contributed by atoms with Gasteiger partial charge in [0.25, 0.3) is 5.91 Å². The molecule has 1 aliphatic carbocycles. The van der Waals surface area contributed by atoms with E-state index in [0.29, 0.717) is 16.4 Å². The van der Waals surface area contributed by atoms with Crippen LogP contribution < -0.4 is 15.8 Å². The van der Waals surface area contributed by atoms with E-state index in [2.05, 4.69) is 35.4 Å². The number of hydrogen-bond donors (Lipinski definition) is 2. The van der Waals surface area contributed by atoms with E-state index in [1.165, 1.54) is 28.0 Å². The van der Waals surface area contributed by atoms with Crippen LogP contribution in [-0.4, -0.2) is 24.0 Å². The number of amides is 1. The summed E-state index contributed by atoms with van der Waals surface area (Å²) in [7, 11) is 1.57. The first kappa shape index (κ1) is 16.8. The average molecular weight is 367 g/mol. The summed E-state index contributed by atoms with van der Waals surface area (Å²) >= 11 is 1.31. The molecule has 6 heteroatoms. The third kappa shape index (κ3) is 3.01. The molecular formula is C20H21N3O2S. The smallest absolute Gasteiger partial charge is 0.263 e. The normalized spacial score (nSPS) is 16.3. The molecule has 5 nitrogen and oxygen atoms in total. The third-order valence-electron chi connectivity index (χ3n) is 4.91. The zero-order chi connectivity index (χ0) is 18.3. The minimum absolute atomic E-state index is 0.120. The topological polar surface area (TPSA) is 77.2 Å². The van der Waals surface area contributed by atoms with Gasteiger partial charge >= 0.3 is 0 Å². The van der Waals surface area contributed by atoms with E-state index in [1.54, 1.807) is 13.2 Å². The van der Waals surface area contributed by atoms with Crippen molar-refractivity contribution >= 4 is 33.1 Å². The average Bonchev–Trinajstić information content (AvgIpc) is 2.98. The molecule has 1 aromatic carbocycles. The van der Waals surface area contributed by atoms with Crippen molar-refractivity contribution in [1.29, 1.82) is 0 Å². The van der Waals surface area contributed by atoms with Crippen molar-refractivity contribution in [3.63, 3.8) is 0 Å². The number of aryl methyl sites for hydroxylation is 2. The molecule has 0 bridgehead atoms. The van der Waals surface area contributed by atoms with Crippen molar-refractivity contribution in [2.24, 2.45) is 0 Å². The fraction of sp³-hybridized carbons (Fsp3) is 0.300. The monoisotopic (exact) mass is 367 g/mol. The number of anilines is 1. The van der Waals surface area contributed by atoms with E-state index in [1.807, 2.05) is 6.07 Å². The van der Waals surface area contributed by atoms with Crippen molar-refractivity contribution in [3.05, 3.63) is 51.9 Å². The van der Waals surface area contributed by atoms with Gasteiger partial charge in [-0.1, -0.05) is 23.8 Å². The van der Waals surface area contributed by atoms with Gasteiger partial charge in [-0.15, -0.1) is 11.3 Å². The molecule has 0 saturated heterocycles. The van der Waals surface area contributed by atoms with Crippen LogP contribution in [0, 0.1) is 6.92 Å². The molecule has 3 aromatic rings. The van der Waals surface area contributed by atoms with Gasteiger partial charge in [0.2, 0.25) is 5.88 Å². The van der Waals surface area contributed by atoms with Crippen molar-refractivity contribution in [2.45, 2.75) is 32.2 Å². The number of thiophene rings is 1. The van der Waals surface area contributed by atoms with E-state index in [0.717, 1.165) is 29.5 Å². The zero-order valence-electron chi connectivity index (χ0n) is 14.8. The SMILES string of the molecule is COc1ccc2c(N)c(C(=O)NC3CCc4cc(C)ccc4C3)sc2n1. The number of pyridine rings is 1. The summed E-state index contributed by atoms with van der Waals surface area (Å²) in [6.07, 6.45) is 2.79. The highest BCUT2D eigenvalue weighted by Crippen LogP contribution is 2.34. The number of nitrogen functional groups attached to an aromatic ring is 1. The lowest BCUT2D eigenvalue weighted by atomic mass is 9.87. The van der Waals surface area contributed by atoms with Crippen LogP contribution >= 0.6 is 11.3 Å². The molecule has 1 unspecified atom stereocenters. The molecule has 2 aromatic heterocycles. The van der Waals surface area contributed by atoms with Gasteiger partial charge in [0.05, 0.1) is 12.8 Å². The summed E-state index contributed by atoms with van der Waals surface area (Å²) in [5.74, 6) is 0.398. The number of aromatic nitrogens is 1. The van der Waals surface area contributed by atoms with E-state index in [-0.39, 0.29) is 11.9 Å². The number of fused-ring (bicyclic) bond motifs is 2. The van der Waals surface area contributed by atoms with Crippen LogP contribution in [0.15, 0.2) is 30.3 Å². The molecule has 134 valence electrons. The summed E-state index contributed by atoms with van der Waals surface area (Å²) in [5, 5.41) is 3.95. The summed E-state index contributed by atoms with van der Waals surface area (Å²) in [6.45, 7) is 2.11. The largest absolute Gasteiger partial charge is 0.481 e. The maximum atomic E-state index is 12.8. The standard InChI is InChI=1S/C20H21N3O2S/c1-11-3-4-13-10-14(6-5-12(13)9-11)22-19(24)18-17(21)15-7-8-16(25-2)23-20(15)26-18/h3-4,7-9,14H,5-6,10,21H2,1-2H3,(H,22,24). The van der Waals surface area contributed by atoms with Gasteiger partial charge in [-0.2, -0.15) is 0 Å². The van der Waals surface area contributed by atoms with Gasteiger partial charge < -0.3 is 15.8 Å². The van der Waals surface area contributed by atoms with E-state index in [9.17, 15) is 4.79 Å². The molecule has 0 aliphatic heterocycles. The summed E-state index contributed by atoms with van der Waals surface area (Å²) in [4.78, 5) is 18.4. The number of carbonyl (C=O) groups is 1. The molecule has 3 N–H and O–H groups in total. The van der Waals surface area contributed by atoms with Crippen LogP contribution in [-0.2, 0) is 12.8 Å². The Morgan fingerprint density at radius 3 is 2.96 bits per heavy atom. The predicted molar refractivity (Wildman–Crippen MR) is 105 cm³/mol. The Labute approximate surface area is 156 Å². The summed E-state index contributed by atoms with van der Waals surface area (Å²) < 4.78 is 5.15. The lowest BCUT2D eigenvalue weighted by Crippen LogP contribution is -2.38. The summed E-state index contributed by atoms with van der Waals surface area (Å²) in [6, 6.07) is 10.3. The van der Waals surface area contributed by atoms with E-state index < -0.39 is 0 Å². The van der Waals surface area contributed by atoms with Crippen molar-refractivity contribution < 1.29 is 9.53 Å². The number of nitrogens with two attached hydrogens (primary N) is 1. The zero-order valence-corrected chi connectivity index (χ0v) is 15.7. The molecule has 1 atom stereocenters.